The Balaban J connectivity index is 1.11. The van der Waals surface area contributed by atoms with Gasteiger partial charge in [-0.05, 0) is 58.8 Å². The Morgan fingerprint density at radius 2 is 1.43 bits per heavy atom. The predicted octanol–water partition coefficient (Wildman–Crippen LogP) is 8.10. The lowest BCUT2D eigenvalue weighted by Gasteiger charge is -2.12. The van der Waals surface area contributed by atoms with Crippen LogP contribution in [0.5, 0.6) is 0 Å². The molecule has 0 aliphatic heterocycles. The summed E-state index contributed by atoms with van der Waals surface area (Å²) in [5.74, 6) is -0.805. The smallest absolute Gasteiger partial charge is 0.272 e. The monoisotopic (exact) mass is 640 g/mol. The van der Waals surface area contributed by atoms with Crippen LogP contribution in [0.3, 0.4) is 0 Å². The summed E-state index contributed by atoms with van der Waals surface area (Å²) in [6.45, 7) is 0. The van der Waals surface area contributed by atoms with Crippen LogP contribution in [0.2, 0.25) is 0 Å². The van der Waals surface area contributed by atoms with E-state index in [2.05, 4.69) is 20.9 Å². The zero-order chi connectivity index (χ0) is 31.7. The van der Waals surface area contributed by atoms with E-state index in [1.807, 2.05) is 96.4 Å². The summed E-state index contributed by atoms with van der Waals surface area (Å²) in [5, 5.41) is 13.0. The van der Waals surface area contributed by atoms with Gasteiger partial charge in [-0.1, -0.05) is 91.0 Å². The number of benzene rings is 5. The molecule has 5 aromatic carbocycles. The van der Waals surface area contributed by atoms with Gasteiger partial charge in [0.2, 0.25) is 5.91 Å². The van der Waals surface area contributed by atoms with E-state index in [0.29, 0.717) is 16.4 Å². The van der Waals surface area contributed by atoms with Gasteiger partial charge >= 0.3 is 0 Å². The molecule has 0 saturated carbocycles. The number of hydrogen-bond donors (Lipinski definition) is 3. The number of thioether (sulfide) groups is 1. The van der Waals surface area contributed by atoms with E-state index in [4.69, 9.17) is 0 Å². The van der Waals surface area contributed by atoms with Gasteiger partial charge in [-0.25, -0.2) is 4.98 Å². The van der Waals surface area contributed by atoms with Crippen molar-refractivity contribution in [2.45, 2.75) is 4.90 Å². The highest BCUT2D eigenvalue weighted by Crippen LogP contribution is 2.26. The van der Waals surface area contributed by atoms with Crippen molar-refractivity contribution >= 4 is 68.5 Å². The first-order valence-electron chi connectivity index (χ1n) is 14.4. The summed E-state index contributed by atoms with van der Waals surface area (Å²) in [6, 6.07) is 39.4. The average Bonchev–Trinajstić information content (AvgIpc) is 3.57. The van der Waals surface area contributed by atoms with Gasteiger partial charge in [0.15, 0.2) is 5.13 Å². The third-order valence-corrected chi connectivity index (χ3v) is 8.72. The first-order valence-corrected chi connectivity index (χ1v) is 16.3. The molecule has 0 radical (unpaired) electrons. The Bertz CT molecular complexity index is 2020. The highest BCUT2D eigenvalue weighted by atomic mass is 32.2. The lowest BCUT2D eigenvalue weighted by Crippen LogP contribution is -2.30. The van der Waals surface area contributed by atoms with Crippen LogP contribution in [0.15, 0.2) is 143 Å². The lowest BCUT2D eigenvalue weighted by atomic mass is 10.0. The zero-order valence-corrected chi connectivity index (χ0v) is 26.1. The molecular formula is C37H28N4O3S2. The maximum Gasteiger partial charge on any atom is 0.272 e. The maximum absolute atomic E-state index is 13.5. The first-order chi connectivity index (χ1) is 22.5. The van der Waals surface area contributed by atoms with Crippen LogP contribution < -0.4 is 16.0 Å². The van der Waals surface area contributed by atoms with Gasteiger partial charge in [-0.3, -0.25) is 14.4 Å². The number of rotatable bonds is 10. The number of fused-ring (bicyclic) bond motifs is 1. The molecule has 0 spiro atoms. The van der Waals surface area contributed by atoms with Gasteiger partial charge in [-0.2, -0.15) is 0 Å². The molecule has 0 aliphatic rings. The molecule has 1 aromatic heterocycles. The van der Waals surface area contributed by atoms with E-state index in [-0.39, 0.29) is 23.3 Å². The van der Waals surface area contributed by atoms with E-state index in [1.54, 1.807) is 42.5 Å². The minimum atomic E-state index is -0.463. The van der Waals surface area contributed by atoms with Crippen molar-refractivity contribution in [3.05, 3.63) is 150 Å². The van der Waals surface area contributed by atoms with Gasteiger partial charge in [0.1, 0.15) is 5.70 Å². The fourth-order valence-electron chi connectivity index (χ4n) is 4.68. The number of nitrogens with zero attached hydrogens (tertiary/aromatic N) is 1. The molecule has 1 heterocycles. The standard InChI is InChI=1S/C37H28N4O3S2/c42-34(41-37-40-33(23-46-37)26-11-3-1-4-12-26)24-45-30-20-18-29(19-21-30)38-36(44)32(39-35(43)27-13-5-2-6-14-27)22-28-16-9-15-25-10-7-8-17-31(25)28/h1-23H,24H2,(H,38,44)(H,39,43)(H,40,41,42)/b32-22-. The molecule has 0 saturated heterocycles. The number of anilines is 2. The Kier molecular flexibility index (Phi) is 9.63. The molecule has 3 N–H and O–H groups in total. The number of amides is 3. The molecule has 6 rings (SSSR count). The molecule has 46 heavy (non-hydrogen) atoms. The number of carbonyl (C=O) groups is 3. The van der Waals surface area contributed by atoms with Crippen LogP contribution in [0.1, 0.15) is 15.9 Å². The molecule has 7 nitrogen and oxygen atoms in total. The van der Waals surface area contributed by atoms with Crippen molar-refractivity contribution in [3.63, 3.8) is 0 Å². The zero-order valence-electron chi connectivity index (χ0n) is 24.5. The topological polar surface area (TPSA) is 100 Å². The molecule has 0 fully saturated rings. The maximum atomic E-state index is 13.5. The fraction of sp³-hybridized carbons (Fsp3) is 0.0270. The van der Waals surface area contributed by atoms with E-state index in [0.717, 1.165) is 32.5 Å². The van der Waals surface area contributed by atoms with Crippen LogP contribution in [0.25, 0.3) is 28.1 Å². The van der Waals surface area contributed by atoms with Crippen LogP contribution in [0, 0.1) is 0 Å². The minimum absolute atomic E-state index is 0.109. The largest absolute Gasteiger partial charge is 0.321 e. The van der Waals surface area contributed by atoms with Crippen molar-refractivity contribution in [3.8, 4) is 11.3 Å². The third kappa shape index (κ3) is 7.76. The minimum Gasteiger partial charge on any atom is -0.321 e. The van der Waals surface area contributed by atoms with Crippen LogP contribution in [-0.2, 0) is 9.59 Å². The van der Waals surface area contributed by atoms with Crippen LogP contribution in [0.4, 0.5) is 10.8 Å². The fourth-order valence-corrected chi connectivity index (χ4v) is 6.12. The number of thiazole rings is 1. The van der Waals surface area contributed by atoms with E-state index >= 15 is 0 Å². The number of aromatic nitrogens is 1. The van der Waals surface area contributed by atoms with Gasteiger partial charge in [0.05, 0.1) is 11.4 Å². The highest BCUT2D eigenvalue weighted by molar-refractivity contribution is 8.00. The normalized spacial score (nSPS) is 11.2. The second-order valence-electron chi connectivity index (χ2n) is 10.2. The molecule has 0 bridgehead atoms. The summed E-state index contributed by atoms with van der Waals surface area (Å²) in [4.78, 5) is 44.5. The summed E-state index contributed by atoms with van der Waals surface area (Å²) < 4.78 is 0. The summed E-state index contributed by atoms with van der Waals surface area (Å²) in [7, 11) is 0. The molecule has 0 atom stereocenters. The Morgan fingerprint density at radius 1 is 0.739 bits per heavy atom. The molecule has 9 heteroatoms. The molecular weight excluding hydrogens is 613 g/mol. The quantitative estimate of drug-likeness (QED) is 0.104. The van der Waals surface area contributed by atoms with Crippen molar-refractivity contribution in [1.82, 2.24) is 10.3 Å². The molecule has 0 unspecified atom stereocenters. The second kappa shape index (κ2) is 14.5. The van der Waals surface area contributed by atoms with Crippen LogP contribution >= 0.6 is 23.1 Å². The molecule has 226 valence electrons. The van der Waals surface area contributed by atoms with E-state index < -0.39 is 5.91 Å². The number of hydrogen-bond acceptors (Lipinski definition) is 6. The summed E-state index contributed by atoms with van der Waals surface area (Å²) in [6.07, 6.45) is 1.69. The van der Waals surface area contributed by atoms with E-state index in [9.17, 15) is 14.4 Å². The van der Waals surface area contributed by atoms with Gasteiger partial charge < -0.3 is 16.0 Å². The van der Waals surface area contributed by atoms with Crippen molar-refractivity contribution in [2.75, 3.05) is 16.4 Å². The molecule has 0 aliphatic carbocycles. The molecule has 3 amide bonds. The Morgan fingerprint density at radius 3 is 2.22 bits per heavy atom. The Hall–Kier alpha value is -5.51. The van der Waals surface area contributed by atoms with Crippen LogP contribution in [-0.4, -0.2) is 28.5 Å². The second-order valence-corrected chi connectivity index (χ2v) is 12.1. The van der Waals surface area contributed by atoms with Gasteiger partial charge in [0.25, 0.3) is 11.8 Å². The van der Waals surface area contributed by atoms with Gasteiger partial charge in [-0.15, -0.1) is 23.1 Å². The van der Waals surface area contributed by atoms with Crippen molar-refractivity contribution < 1.29 is 14.4 Å². The third-order valence-electron chi connectivity index (χ3n) is 6.95. The summed E-state index contributed by atoms with van der Waals surface area (Å²) >= 11 is 2.76. The van der Waals surface area contributed by atoms with E-state index in [1.165, 1.54) is 23.1 Å². The number of nitrogens with one attached hydrogen (secondary N) is 3. The van der Waals surface area contributed by atoms with Crippen molar-refractivity contribution in [1.29, 1.82) is 0 Å². The summed E-state index contributed by atoms with van der Waals surface area (Å²) in [5.41, 5.74) is 3.72. The van der Waals surface area contributed by atoms with Gasteiger partial charge in [0, 0.05) is 27.1 Å². The Labute approximate surface area is 274 Å². The van der Waals surface area contributed by atoms with Crippen molar-refractivity contribution in [2.24, 2.45) is 0 Å². The molecule has 6 aromatic rings. The SMILES string of the molecule is O=C(CSc1ccc(NC(=O)/C(=C/c2cccc3ccccc23)NC(=O)c2ccccc2)cc1)Nc1nc(-c2ccccc2)cs1. The predicted molar refractivity (Wildman–Crippen MR) is 188 cm³/mol. The average molecular weight is 641 g/mol. The lowest BCUT2D eigenvalue weighted by molar-refractivity contribution is -0.114. The first kappa shape index (κ1) is 30.5. The highest BCUT2D eigenvalue weighted by Gasteiger charge is 2.16. The number of carbonyl (C=O) groups excluding carboxylic acids is 3.